The highest BCUT2D eigenvalue weighted by atomic mass is 19.1. The number of amides is 1. The van der Waals surface area contributed by atoms with E-state index in [1.165, 1.54) is 6.92 Å². The first kappa shape index (κ1) is 15.8. The molecular weight excluding hydrogens is 273 g/mol. The predicted molar refractivity (Wildman–Crippen MR) is 67.1 cm³/mol. The van der Waals surface area contributed by atoms with Gasteiger partial charge in [-0.25, -0.2) is 4.39 Å². The number of halogens is 1. The highest BCUT2D eigenvalue weighted by Gasteiger charge is 2.25. The molecule has 1 aromatic rings. The second-order valence-electron chi connectivity index (χ2n) is 4.14. The molecule has 0 aliphatic rings. The van der Waals surface area contributed by atoms with Crippen LogP contribution in [-0.2, 0) is 4.79 Å². The molecule has 0 aliphatic heterocycles. The van der Waals surface area contributed by atoms with Gasteiger partial charge in [0.2, 0.25) is 5.91 Å². The molecule has 0 saturated carbocycles. The molecule has 0 aromatic heterocycles. The maximum Gasteiger partial charge on any atom is 0.292 e. The number of anilines is 1. The van der Waals surface area contributed by atoms with Crippen molar-refractivity contribution in [2.24, 2.45) is 0 Å². The van der Waals surface area contributed by atoms with Crippen molar-refractivity contribution in [3.8, 4) is 0 Å². The van der Waals surface area contributed by atoms with Gasteiger partial charge in [-0.2, -0.15) is 0 Å². The lowest BCUT2D eigenvalue weighted by Gasteiger charge is -2.19. The van der Waals surface area contributed by atoms with Gasteiger partial charge < -0.3 is 21.3 Å². The Morgan fingerprint density at radius 3 is 2.65 bits per heavy atom. The van der Waals surface area contributed by atoms with Crippen LogP contribution in [0.5, 0.6) is 0 Å². The Morgan fingerprint density at radius 2 is 2.15 bits per heavy atom. The topological polar surface area (TPSA) is 139 Å². The van der Waals surface area contributed by atoms with E-state index < -0.39 is 40.1 Å². The SMILES string of the molecule is CC(=O)NCC(O)C(O)c1cc([N+](=O)[O-])c(N)cc1F. The van der Waals surface area contributed by atoms with Gasteiger partial charge in [0, 0.05) is 31.2 Å². The Bertz CT molecular complexity index is 537. The fourth-order valence-corrected chi connectivity index (χ4v) is 1.55. The first-order chi connectivity index (χ1) is 9.23. The molecule has 1 rings (SSSR count). The number of nitrogens with zero attached hydrogens (tertiary/aromatic N) is 1. The van der Waals surface area contributed by atoms with Gasteiger partial charge in [0.25, 0.3) is 5.69 Å². The van der Waals surface area contributed by atoms with Crippen molar-refractivity contribution in [3.05, 3.63) is 33.6 Å². The largest absolute Gasteiger partial charge is 0.393 e. The molecular formula is C11H14FN3O5. The summed E-state index contributed by atoms with van der Waals surface area (Å²) in [5.74, 6) is -1.43. The van der Waals surface area contributed by atoms with E-state index >= 15 is 0 Å². The maximum atomic E-state index is 13.6. The lowest BCUT2D eigenvalue weighted by atomic mass is 10.0. The van der Waals surface area contributed by atoms with E-state index in [0.717, 1.165) is 6.07 Å². The summed E-state index contributed by atoms with van der Waals surface area (Å²) in [4.78, 5) is 20.5. The third kappa shape index (κ3) is 3.62. The van der Waals surface area contributed by atoms with Crippen LogP contribution in [0.1, 0.15) is 18.6 Å². The van der Waals surface area contributed by atoms with E-state index in [0.29, 0.717) is 6.07 Å². The predicted octanol–water partition coefficient (Wildman–Crippen LogP) is -0.154. The number of carbonyl (C=O) groups excluding carboxylic acids is 1. The van der Waals surface area contributed by atoms with Crippen molar-refractivity contribution >= 4 is 17.3 Å². The maximum absolute atomic E-state index is 13.6. The van der Waals surface area contributed by atoms with Gasteiger partial charge in [-0.3, -0.25) is 14.9 Å². The second-order valence-corrected chi connectivity index (χ2v) is 4.14. The zero-order valence-electron chi connectivity index (χ0n) is 10.5. The van der Waals surface area contributed by atoms with Crippen molar-refractivity contribution in [1.29, 1.82) is 0 Å². The Labute approximate surface area is 113 Å². The fraction of sp³-hybridized carbons (Fsp3) is 0.364. The minimum absolute atomic E-state index is 0.325. The number of rotatable bonds is 5. The van der Waals surface area contributed by atoms with Crippen LogP contribution in [0.15, 0.2) is 12.1 Å². The zero-order valence-corrected chi connectivity index (χ0v) is 10.5. The van der Waals surface area contributed by atoms with Crippen LogP contribution in [0.2, 0.25) is 0 Å². The minimum atomic E-state index is -1.74. The van der Waals surface area contributed by atoms with Gasteiger partial charge in [0.15, 0.2) is 0 Å². The molecule has 0 radical (unpaired) electrons. The van der Waals surface area contributed by atoms with Crippen molar-refractivity contribution in [2.75, 3.05) is 12.3 Å². The number of hydrogen-bond donors (Lipinski definition) is 4. The van der Waals surface area contributed by atoms with Crippen LogP contribution >= 0.6 is 0 Å². The molecule has 0 saturated heterocycles. The van der Waals surface area contributed by atoms with E-state index in [1.54, 1.807) is 0 Å². The third-order valence-electron chi connectivity index (χ3n) is 2.59. The van der Waals surface area contributed by atoms with Crippen LogP contribution in [0.25, 0.3) is 0 Å². The summed E-state index contributed by atoms with van der Waals surface area (Å²) in [6.45, 7) is 0.877. The van der Waals surface area contributed by atoms with E-state index in [2.05, 4.69) is 5.32 Å². The van der Waals surface area contributed by atoms with Gasteiger partial charge in [0.1, 0.15) is 23.7 Å². The molecule has 20 heavy (non-hydrogen) atoms. The average Bonchev–Trinajstić information content (AvgIpc) is 2.34. The summed E-state index contributed by atoms with van der Waals surface area (Å²) < 4.78 is 13.6. The Hall–Kier alpha value is -2.26. The van der Waals surface area contributed by atoms with Crippen molar-refractivity contribution < 1.29 is 24.3 Å². The van der Waals surface area contributed by atoms with Crippen molar-refractivity contribution in [2.45, 2.75) is 19.1 Å². The minimum Gasteiger partial charge on any atom is -0.393 e. The summed E-state index contributed by atoms with van der Waals surface area (Å²) in [7, 11) is 0. The van der Waals surface area contributed by atoms with E-state index in [-0.39, 0.29) is 12.2 Å². The highest BCUT2D eigenvalue weighted by Crippen LogP contribution is 2.29. The number of hydrogen-bond acceptors (Lipinski definition) is 6. The van der Waals surface area contributed by atoms with Crippen LogP contribution in [0.4, 0.5) is 15.8 Å². The summed E-state index contributed by atoms with van der Waals surface area (Å²) >= 11 is 0. The van der Waals surface area contributed by atoms with Gasteiger partial charge in [-0.1, -0.05) is 0 Å². The van der Waals surface area contributed by atoms with E-state index in [9.17, 15) is 29.5 Å². The van der Waals surface area contributed by atoms with Gasteiger partial charge >= 0.3 is 0 Å². The number of carbonyl (C=O) groups is 1. The molecule has 8 nitrogen and oxygen atoms in total. The summed E-state index contributed by atoms with van der Waals surface area (Å²) in [6.07, 6.45) is -3.25. The first-order valence-electron chi connectivity index (χ1n) is 5.58. The van der Waals surface area contributed by atoms with Gasteiger partial charge in [-0.15, -0.1) is 0 Å². The number of nitro groups is 1. The molecule has 0 spiro atoms. The van der Waals surface area contributed by atoms with Gasteiger partial charge in [0.05, 0.1) is 4.92 Å². The van der Waals surface area contributed by atoms with Crippen LogP contribution < -0.4 is 11.1 Å². The lowest BCUT2D eigenvalue weighted by Crippen LogP contribution is -2.34. The molecule has 9 heteroatoms. The number of aliphatic hydroxyl groups excluding tert-OH is 2. The lowest BCUT2D eigenvalue weighted by molar-refractivity contribution is -0.384. The van der Waals surface area contributed by atoms with Crippen LogP contribution in [0, 0.1) is 15.9 Å². The Kier molecular flexibility index (Phi) is 4.94. The monoisotopic (exact) mass is 287 g/mol. The van der Waals surface area contributed by atoms with E-state index in [4.69, 9.17) is 5.73 Å². The number of benzene rings is 1. The molecule has 0 aliphatic carbocycles. The molecule has 2 unspecified atom stereocenters. The summed E-state index contributed by atoms with van der Waals surface area (Å²) in [5, 5.41) is 32.3. The fourth-order valence-electron chi connectivity index (χ4n) is 1.55. The van der Waals surface area contributed by atoms with Crippen LogP contribution in [0.3, 0.4) is 0 Å². The smallest absolute Gasteiger partial charge is 0.292 e. The second kappa shape index (κ2) is 6.26. The number of nitro benzene ring substituents is 1. The summed E-state index contributed by atoms with van der Waals surface area (Å²) in [6, 6.07) is 1.45. The third-order valence-corrected chi connectivity index (χ3v) is 2.59. The molecule has 0 heterocycles. The molecule has 110 valence electrons. The number of nitrogens with one attached hydrogen (secondary N) is 1. The number of nitrogen functional groups attached to an aromatic ring is 1. The van der Waals surface area contributed by atoms with Gasteiger partial charge in [-0.05, 0) is 0 Å². The zero-order chi connectivity index (χ0) is 15.4. The summed E-state index contributed by atoms with van der Waals surface area (Å²) in [5.41, 5.74) is 3.85. The Balaban J connectivity index is 3.02. The average molecular weight is 287 g/mol. The highest BCUT2D eigenvalue weighted by molar-refractivity contribution is 5.72. The van der Waals surface area contributed by atoms with Crippen molar-refractivity contribution in [1.82, 2.24) is 5.32 Å². The quantitative estimate of drug-likeness (QED) is 0.337. The normalized spacial score (nSPS) is 13.6. The molecule has 1 amide bonds. The Morgan fingerprint density at radius 1 is 1.55 bits per heavy atom. The van der Waals surface area contributed by atoms with Crippen molar-refractivity contribution in [3.63, 3.8) is 0 Å². The molecule has 2 atom stereocenters. The van der Waals surface area contributed by atoms with Crippen LogP contribution in [-0.4, -0.2) is 33.7 Å². The molecule has 0 fully saturated rings. The standard InChI is InChI=1S/C11H14FN3O5/c1-5(16)14-4-10(17)11(18)6-2-9(15(19)20)8(13)3-7(6)12/h2-3,10-11,17-18H,4,13H2,1H3,(H,14,16). The molecule has 0 bridgehead atoms. The number of aliphatic hydroxyl groups is 2. The first-order valence-corrected chi connectivity index (χ1v) is 5.58. The molecule has 1 aromatic carbocycles. The molecule has 5 N–H and O–H groups in total. The number of nitrogens with two attached hydrogens (primary N) is 1. The van der Waals surface area contributed by atoms with E-state index in [1.807, 2.05) is 0 Å².